The molecule has 5 nitrogen and oxygen atoms in total. The summed E-state index contributed by atoms with van der Waals surface area (Å²) in [5, 5.41) is 7.77. The van der Waals surface area contributed by atoms with Crippen molar-refractivity contribution in [2.24, 2.45) is 7.05 Å². The molecule has 3 heterocycles. The fourth-order valence-corrected chi connectivity index (χ4v) is 3.13. The van der Waals surface area contributed by atoms with Gasteiger partial charge in [-0.1, -0.05) is 0 Å². The molecule has 3 rings (SSSR count). The van der Waals surface area contributed by atoms with Crippen molar-refractivity contribution in [1.82, 2.24) is 25.0 Å². The second-order valence-corrected chi connectivity index (χ2v) is 5.89. The van der Waals surface area contributed by atoms with E-state index < -0.39 is 0 Å². The zero-order valence-corrected chi connectivity index (χ0v) is 14.3. The van der Waals surface area contributed by atoms with Gasteiger partial charge in [-0.15, -0.1) is 12.4 Å². The van der Waals surface area contributed by atoms with Gasteiger partial charge in [0, 0.05) is 51.7 Å². The van der Waals surface area contributed by atoms with Crippen LogP contribution in [-0.2, 0) is 13.6 Å². The molecule has 0 aliphatic carbocycles. The summed E-state index contributed by atoms with van der Waals surface area (Å²) in [6.45, 7) is 3.92. The van der Waals surface area contributed by atoms with Crippen molar-refractivity contribution >= 4 is 28.3 Å². The van der Waals surface area contributed by atoms with E-state index in [1.165, 1.54) is 11.3 Å². The molecule has 7 heteroatoms. The van der Waals surface area contributed by atoms with E-state index in [0.29, 0.717) is 6.04 Å². The molecule has 1 unspecified atom stereocenters. The average molecular weight is 373 g/mol. The molecule has 1 fully saturated rings. The van der Waals surface area contributed by atoms with Crippen LogP contribution in [0.5, 0.6) is 0 Å². The van der Waals surface area contributed by atoms with E-state index in [4.69, 9.17) is 0 Å². The summed E-state index contributed by atoms with van der Waals surface area (Å²) < 4.78 is 3.02. The number of pyridine rings is 1. The number of piperazine rings is 1. The van der Waals surface area contributed by atoms with Crippen molar-refractivity contribution < 1.29 is 0 Å². The van der Waals surface area contributed by atoms with Crippen molar-refractivity contribution in [3.05, 3.63) is 46.5 Å². The molecule has 0 bridgehead atoms. The minimum atomic E-state index is 0. The minimum Gasteiger partial charge on any atom is -0.314 e. The lowest BCUT2D eigenvalue weighted by Gasteiger charge is -2.36. The molecule has 114 valence electrons. The van der Waals surface area contributed by atoms with Gasteiger partial charge >= 0.3 is 0 Å². The topological polar surface area (TPSA) is 46.0 Å². The van der Waals surface area contributed by atoms with Gasteiger partial charge in [-0.05, 0) is 33.6 Å². The summed E-state index contributed by atoms with van der Waals surface area (Å²) in [6.07, 6.45) is 5.59. The van der Waals surface area contributed by atoms with Gasteiger partial charge in [0.15, 0.2) is 0 Å². The first-order valence-corrected chi connectivity index (χ1v) is 7.56. The standard InChI is InChI=1S/C14H18BrN5.ClH/c1-19-14(12(15)8-18-19)10-20-7-6-17-9-13(20)11-2-4-16-5-3-11;/h2-5,8,13,17H,6-7,9-10H2,1H3;1H. The molecule has 1 N–H and O–H groups in total. The number of halogens is 2. The highest BCUT2D eigenvalue weighted by Gasteiger charge is 2.25. The number of nitrogens with one attached hydrogen (secondary N) is 1. The van der Waals surface area contributed by atoms with Crippen molar-refractivity contribution in [1.29, 1.82) is 0 Å². The predicted molar refractivity (Wildman–Crippen MR) is 88.4 cm³/mol. The van der Waals surface area contributed by atoms with E-state index in [9.17, 15) is 0 Å². The third-order valence-electron chi connectivity index (χ3n) is 3.81. The van der Waals surface area contributed by atoms with Gasteiger partial charge < -0.3 is 5.32 Å². The largest absolute Gasteiger partial charge is 0.314 e. The Bertz CT molecular complexity index is 554. The Morgan fingerprint density at radius 2 is 2.14 bits per heavy atom. The van der Waals surface area contributed by atoms with Crippen molar-refractivity contribution in [2.45, 2.75) is 12.6 Å². The monoisotopic (exact) mass is 371 g/mol. The first-order valence-electron chi connectivity index (χ1n) is 6.77. The Balaban J connectivity index is 0.00000161. The SMILES string of the molecule is Cl.Cn1ncc(Br)c1CN1CCNCC1c1ccncc1. The lowest BCUT2D eigenvalue weighted by molar-refractivity contribution is 0.149. The van der Waals surface area contributed by atoms with E-state index in [-0.39, 0.29) is 12.4 Å². The second kappa shape index (κ2) is 7.35. The maximum Gasteiger partial charge on any atom is 0.0663 e. The van der Waals surface area contributed by atoms with Crippen LogP contribution >= 0.6 is 28.3 Å². The summed E-state index contributed by atoms with van der Waals surface area (Å²) in [5.41, 5.74) is 2.52. The zero-order valence-electron chi connectivity index (χ0n) is 11.9. The second-order valence-electron chi connectivity index (χ2n) is 5.03. The molecule has 1 aliphatic heterocycles. The Hall–Kier alpha value is -0.950. The van der Waals surface area contributed by atoms with Crippen LogP contribution in [0.1, 0.15) is 17.3 Å². The molecule has 1 atom stereocenters. The zero-order chi connectivity index (χ0) is 13.9. The highest BCUT2D eigenvalue weighted by atomic mass is 79.9. The van der Waals surface area contributed by atoms with E-state index in [0.717, 1.165) is 30.7 Å². The van der Waals surface area contributed by atoms with Crippen molar-refractivity contribution in [2.75, 3.05) is 19.6 Å². The van der Waals surface area contributed by atoms with Crippen LogP contribution in [0.15, 0.2) is 35.2 Å². The summed E-state index contributed by atoms with van der Waals surface area (Å²) in [7, 11) is 1.99. The Labute approximate surface area is 139 Å². The quantitative estimate of drug-likeness (QED) is 0.897. The molecule has 2 aromatic rings. The molecule has 0 aromatic carbocycles. The number of rotatable bonds is 3. The number of aryl methyl sites for hydroxylation is 1. The molecule has 0 radical (unpaired) electrons. The summed E-state index contributed by atoms with van der Waals surface area (Å²) in [5.74, 6) is 0. The molecule has 1 aliphatic rings. The highest BCUT2D eigenvalue weighted by molar-refractivity contribution is 9.10. The van der Waals surface area contributed by atoms with Crippen LogP contribution in [0.2, 0.25) is 0 Å². The van der Waals surface area contributed by atoms with Crippen molar-refractivity contribution in [3.8, 4) is 0 Å². The summed E-state index contributed by atoms with van der Waals surface area (Å²) in [4.78, 5) is 6.60. The average Bonchev–Trinajstić information content (AvgIpc) is 2.81. The van der Waals surface area contributed by atoms with Crippen LogP contribution in [-0.4, -0.2) is 39.3 Å². The molecule has 21 heavy (non-hydrogen) atoms. The fourth-order valence-electron chi connectivity index (χ4n) is 2.66. The first kappa shape index (κ1) is 16.4. The van der Waals surface area contributed by atoms with Crippen molar-refractivity contribution in [3.63, 3.8) is 0 Å². The first-order chi connectivity index (χ1) is 9.75. The smallest absolute Gasteiger partial charge is 0.0663 e. The Morgan fingerprint density at radius 3 is 2.81 bits per heavy atom. The van der Waals surface area contributed by atoms with Crippen LogP contribution < -0.4 is 5.32 Å². The Kier molecular flexibility index (Phi) is 5.75. The number of hydrogen-bond acceptors (Lipinski definition) is 4. The van der Waals surface area contributed by atoms with Gasteiger partial charge in [0.2, 0.25) is 0 Å². The normalized spacial score (nSPS) is 19.2. The third-order valence-corrected chi connectivity index (χ3v) is 4.47. The predicted octanol–water partition coefficient (Wildman–Crippen LogP) is 2.15. The molecule has 0 amide bonds. The number of aromatic nitrogens is 3. The highest BCUT2D eigenvalue weighted by Crippen LogP contribution is 2.25. The van der Waals surface area contributed by atoms with Crippen LogP contribution in [0.3, 0.4) is 0 Å². The Morgan fingerprint density at radius 1 is 1.38 bits per heavy atom. The molecule has 2 aromatic heterocycles. The van der Waals surface area contributed by atoms with Gasteiger partial charge in [0.05, 0.1) is 16.4 Å². The van der Waals surface area contributed by atoms with Gasteiger partial charge in [0.1, 0.15) is 0 Å². The lowest BCUT2D eigenvalue weighted by atomic mass is 10.0. The van der Waals surface area contributed by atoms with E-state index in [2.05, 4.69) is 48.4 Å². The van der Waals surface area contributed by atoms with Crippen LogP contribution in [0.25, 0.3) is 0 Å². The van der Waals surface area contributed by atoms with E-state index in [1.54, 1.807) is 0 Å². The van der Waals surface area contributed by atoms with Gasteiger partial charge in [-0.25, -0.2) is 0 Å². The van der Waals surface area contributed by atoms with Gasteiger partial charge in [0.25, 0.3) is 0 Å². The molecular formula is C14H19BrClN5. The fraction of sp³-hybridized carbons (Fsp3) is 0.429. The molecule has 0 saturated carbocycles. The van der Waals surface area contributed by atoms with E-state index in [1.807, 2.05) is 30.3 Å². The third kappa shape index (κ3) is 3.63. The van der Waals surface area contributed by atoms with Crippen LogP contribution in [0.4, 0.5) is 0 Å². The number of hydrogen-bond donors (Lipinski definition) is 1. The van der Waals surface area contributed by atoms with Gasteiger partial charge in [-0.2, -0.15) is 5.10 Å². The summed E-state index contributed by atoms with van der Waals surface area (Å²) >= 11 is 3.58. The maximum absolute atomic E-state index is 4.30. The maximum atomic E-state index is 4.30. The molecule has 0 spiro atoms. The minimum absolute atomic E-state index is 0. The summed E-state index contributed by atoms with van der Waals surface area (Å²) in [6, 6.07) is 4.58. The van der Waals surface area contributed by atoms with Gasteiger partial charge in [-0.3, -0.25) is 14.6 Å². The lowest BCUT2D eigenvalue weighted by Crippen LogP contribution is -2.45. The number of nitrogens with zero attached hydrogens (tertiary/aromatic N) is 4. The van der Waals surface area contributed by atoms with Crippen LogP contribution in [0, 0.1) is 0 Å². The molecule has 1 saturated heterocycles. The molecular weight excluding hydrogens is 354 g/mol. The van der Waals surface area contributed by atoms with E-state index >= 15 is 0 Å².